The molecule has 5 rings (SSSR count). The molecule has 4 nitrogen and oxygen atoms in total. The lowest BCUT2D eigenvalue weighted by molar-refractivity contribution is 0.0965. The van der Waals surface area contributed by atoms with Crippen LogP contribution in [0.3, 0.4) is 0 Å². The van der Waals surface area contributed by atoms with Crippen LogP contribution in [0.1, 0.15) is 15.9 Å². The first-order valence-electron chi connectivity index (χ1n) is 8.35. The second kappa shape index (κ2) is 5.93. The molecule has 0 fully saturated rings. The highest BCUT2D eigenvalue weighted by Gasteiger charge is 2.32. The summed E-state index contributed by atoms with van der Waals surface area (Å²) in [5.74, 6) is -0.123. The zero-order valence-corrected chi connectivity index (χ0v) is 14.7. The van der Waals surface area contributed by atoms with Gasteiger partial charge in [0.05, 0.1) is 16.2 Å². The Kier molecular flexibility index (Phi) is 3.52. The van der Waals surface area contributed by atoms with Gasteiger partial charge in [-0.05, 0) is 36.4 Å². The number of ether oxygens (including phenoxy) is 1. The summed E-state index contributed by atoms with van der Waals surface area (Å²) in [6.07, 6.45) is 1.71. The number of aromatic nitrogens is 2. The smallest absolute Gasteiger partial charge is 0.268 e. The molecule has 0 atom stereocenters. The number of rotatable bonds is 3. The van der Waals surface area contributed by atoms with Gasteiger partial charge in [-0.2, -0.15) is 0 Å². The summed E-state index contributed by atoms with van der Waals surface area (Å²) in [6, 6.07) is 15.3. The second-order valence-corrected chi connectivity index (χ2v) is 6.68. The maximum atomic E-state index is 13.3. The molecule has 0 radical (unpaired) electrons. The predicted octanol–water partition coefficient (Wildman–Crippen LogP) is 5.08. The maximum absolute atomic E-state index is 13.3. The molecule has 2 aromatic heterocycles. The third-order valence-electron chi connectivity index (χ3n) is 4.66. The van der Waals surface area contributed by atoms with Gasteiger partial charge < -0.3 is 4.74 Å². The molecule has 4 aromatic rings. The van der Waals surface area contributed by atoms with E-state index in [1.54, 1.807) is 16.8 Å². The third-order valence-corrected chi connectivity index (χ3v) is 5.01. The van der Waals surface area contributed by atoms with Crippen LogP contribution in [0, 0.1) is 5.82 Å². The van der Waals surface area contributed by atoms with E-state index in [2.05, 4.69) is 4.98 Å². The molecule has 6 heteroatoms. The molecular formula is C21H12ClFN2O2. The number of fused-ring (bicyclic) bond motifs is 4. The Morgan fingerprint density at radius 2 is 1.96 bits per heavy atom. The van der Waals surface area contributed by atoms with Gasteiger partial charge >= 0.3 is 0 Å². The van der Waals surface area contributed by atoms with Crippen molar-refractivity contribution in [2.75, 3.05) is 0 Å². The van der Waals surface area contributed by atoms with Crippen LogP contribution >= 0.6 is 11.6 Å². The molecule has 0 aliphatic carbocycles. The zero-order valence-electron chi connectivity index (χ0n) is 13.9. The molecule has 0 saturated carbocycles. The van der Waals surface area contributed by atoms with Crippen molar-refractivity contribution >= 4 is 28.4 Å². The number of hydrogen-bond acceptors (Lipinski definition) is 3. The van der Waals surface area contributed by atoms with Gasteiger partial charge in [0.1, 0.15) is 29.4 Å². The molecule has 3 heterocycles. The number of benzene rings is 2. The Bertz CT molecular complexity index is 1230. The highest BCUT2D eigenvalue weighted by Crippen LogP contribution is 2.41. The van der Waals surface area contributed by atoms with E-state index < -0.39 is 5.82 Å². The van der Waals surface area contributed by atoms with Gasteiger partial charge in [-0.3, -0.25) is 9.36 Å². The molecule has 0 spiro atoms. The molecule has 132 valence electrons. The average Bonchev–Trinajstić information content (AvgIpc) is 3.24. The van der Waals surface area contributed by atoms with Crippen molar-refractivity contribution in [2.45, 2.75) is 6.61 Å². The van der Waals surface area contributed by atoms with Gasteiger partial charge in [0.2, 0.25) is 0 Å². The summed E-state index contributed by atoms with van der Waals surface area (Å²) in [7, 11) is 0. The fourth-order valence-corrected chi connectivity index (χ4v) is 3.60. The van der Waals surface area contributed by atoms with Crippen LogP contribution in [-0.2, 0) is 6.61 Å². The van der Waals surface area contributed by atoms with Gasteiger partial charge in [-0.15, -0.1) is 0 Å². The van der Waals surface area contributed by atoms with Crippen molar-refractivity contribution in [2.24, 2.45) is 0 Å². The fraction of sp³-hybridized carbons (Fsp3) is 0.0476. The lowest BCUT2D eigenvalue weighted by Crippen LogP contribution is -2.08. The van der Waals surface area contributed by atoms with Gasteiger partial charge in [0.15, 0.2) is 0 Å². The number of pyridine rings is 1. The van der Waals surface area contributed by atoms with Gasteiger partial charge in [0.25, 0.3) is 5.91 Å². The first kappa shape index (κ1) is 16.0. The minimum atomic E-state index is -0.409. The Labute approximate surface area is 158 Å². The fourth-order valence-electron chi connectivity index (χ4n) is 3.38. The predicted molar refractivity (Wildman–Crippen MR) is 101 cm³/mol. The summed E-state index contributed by atoms with van der Waals surface area (Å²) in [4.78, 5) is 17.6. The SMILES string of the molecule is O=C1c2c(nc3ccccc3c2OCc2ccc(F)cc2Cl)-c2cccn21. The highest BCUT2D eigenvalue weighted by molar-refractivity contribution is 6.31. The standard InChI is InChI=1S/C21H12ClFN2O2/c22-15-10-13(23)8-7-12(15)11-27-20-14-4-1-2-5-16(14)24-19-17-6-3-9-25(17)21(26)18(19)20/h1-10H,11H2. The van der Waals surface area contributed by atoms with E-state index in [1.807, 2.05) is 36.4 Å². The maximum Gasteiger partial charge on any atom is 0.268 e. The van der Waals surface area contributed by atoms with Crippen LogP contribution in [0.2, 0.25) is 5.02 Å². The third kappa shape index (κ3) is 2.43. The van der Waals surface area contributed by atoms with E-state index >= 15 is 0 Å². The lowest BCUT2D eigenvalue weighted by atomic mass is 10.1. The zero-order chi connectivity index (χ0) is 18.5. The summed E-state index contributed by atoms with van der Waals surface area (Å²) in [6.45, 7) is 0.113. The molecule has 1 aliphatic heterocycles. The monoisotopic (exact) mass is 378 g/mol. The van der Waals surface area contributed by atoms with Crippen molar-refractivity contribution in [1.29, 1.82) is 0 Å². The number of carbonyl (C=O) groups excluding carboxylic acids is 1. The van der Waals surface area contributed by atoms with Crippen molar-refractivity contribution in [3.8, 4) is 17.1 Å². The van der Waals surface area contributed by atoms with Crippen LogP contribution < -0.4 is 4.74 Å². The van der Waals surface area contributed by atoms with Crippen LogP contribution in [0.5, 0.6) is 5.75 Å². The normalized spacial score (nSPS) is 12.3. The van der Waals surface area contributed by atoms with E-state index in [0.717, 1.165) is 16.6 Å². The second-order valence-electron chi connectivity index (χ2n) is 6.27. The molecule has 0 N–H and O–H groups in total. The van der Waals surface area contributed by atoms with E-state index in [1.165, 1.54) is 12.1 Å². The number of halogens is 2. The number of carbonyl (C=O) groups is 1. The van der Waals surface area contributed by atoms with Crippen LogP contribution in [0.15, 0.2) is 60.8 Å². The Morgan fingerprint density at radius 3 is 2.81 bits per heavy atom. The molecule has 2 aromatic carbocycles. The molecule has 0 saturated heterocycles. The summed E-state index contributed by atoms with van der Waals surface area (Å²) >= 11 is 6.11. The van der Waals surface area contributed by atoms with Crippen molar-refractivity contribution in [1.82, 2.24) is 9.55 Å². The topological polar surface area (TPSA) is 44.1 Å². The van der Waals surface area contributed by atoms with E-state index in [4.69, 9.17) is 16.3 Å². The van der Waals surface area contributed by atoms with Crippen molar-refractivity contribution < 1.29 is 13.9 Å². The van der Waals surface area contributed by atoms with Crippen LogP contribution in [0.25, 0.3) is 22.3 Å². The number of nitrogens with zero attached hydrogens (tertiary/aromatic N) is 2. The summed E-state index contributed by atoms with van der Waals surface area (Å²) < 4.78 is 20.9. The van der Waals surface area contributed by atoms with Crippen molar-refractivity contribution in [3.05, 3.63) is 82.8 Å². The van der Waals surface area contributed by atoms with Gasteiger partial charge in [0, 0.05) is 17.1 Å². The summed E-state index contributed by atoms with van der Waals surface area (Å²) in [5, 5.41) is 1.02. The minimum absolute atomic E-state index is 0.113. The van der Waals surface area contributed by atoms with Crippen LogP contribution in [-0.4, -0.2) is 15.5 Å². The quantitative estimate of drug-likeness (QED) is 0.440. The van der Waals surface area contributed by atoms with Gasteiger partial charge in [-0.25, -0.2) is 9.37 Å². The molecular weight excluding hydrogens is 367 g/mol. The molecule has 27 heavy (non-hydrogen) atoms. The Balaban J connectivity index is 1.66. The van der Waals surface area contributed by atoms with E-state index in [9.17, 15) is 9.18 Å². The van der Waals surface area contributed by atoms with Gasteiger partial charge in [-0.1, -0.05) is 29.8 Å². The van der Waals surface area contributed by atoms with E-state index in [-0.39, 0.29) is 17.5 Å². The summed E-state index contributed by atoms with van der Waals surface area (Å²) in [5.41, 5.74) is 3.15. The average molecular weight is 379 g/mol. The lowest BCUT2D eigenvalue weighted by Gasteiger charge is -2.13. The Morgan fingerprint density at radius 1 is 1.11 bits per heavy atom. The van der Waals surface area contributed by atoms with Crippen molar-refractivity contribution in [3.63, 3.8) is 0 Å². The molecule has 0 unspecified atom stereocenters. The van der Waals surface area contributed by atoms with Crippen LogP contribution in [0.4, 0.5) is 4.39 Å². The largest absolute Gasteiger partial charge is 0.487 e. The molecule has 1 aliphatic rings. The minimum Gasteiger partial charge on any atom is -0.487 e. The Hall–Kier alpha value is -3.18. The van der Waals surface area contributed by atoms with E-state index in [0.29, 0.717) is 22.6 Å². The first-order chi connectivity index (χ1) is 13.1. The highest BCUT2D eigenvalue weighted by atomic mass is 35.5. The molecule has 0 bridgehead atoms. The number of hydrogen-bond donors (Lipinski definition) is 0. The number of para-hydroxylation sites is 1. The first-order valence-corrected chi connectivity index (χ1v) is 8.73. The molecule has 0 amide bonds.